The summed E-state index contributed by atoms with van der Waals surface area (Å²) in [6.07, 6.45) is 0.782. The van der Waals surface area contributed by atoms with E-state index in [0.29, 0.717) is 37.9 Å². The van der Waals surface area contributed by atoms with Gasteiger partial charge < -0.3 is 19.1 Å². The number of aryl methyl sites for hydroxylation is 2. The van der Waals surface area contributed by atoms with Crippen LogP contribution in [0.15, 0.2) is 41.3 Å². The van der Waals surface area contributed by atoms with Gasteiger partial charge in [-0.25, -0.2) is 13.1 Å². The van der Waals surface area contributed by atoms with E-state index in [4.69, 9.17) is 14.2 Å². The van der Waals surface area contributed by atoms with E-state index < -0.39 is 10.0 Å². The molecule has 1 aliphatic heterocycles. The summed E-state index contributed by atoms with van der Waals surface area (Å²) in [4.78, 5) is 14.0. The number of ether oxygens (including phenoxy) is 3. The van der Waals surface area contributed by atoms with Gasteiger partial charge in [0.15, 0.2) is 11.5 Å². The van der Waals surface area contributed by atoms with Gasteiger partial charge in [-0.05, 0) is 49.2 Å². The van der Waals surface area contributed by atoms with E-state index in [9.17, 15) is 13.2 Å². The van der Waals surface area contributed by atoms with Crippen molar-refractivity contribution < 1.29 is 27.4 Å². The zero-order valence-corrected chi connectivity index (χ0v) is 19.5. The van der Waals surface area contributed by atoms with Gasteiger partial charge in [0.05, 0.1) is 24.7 Å². The highest BCUT2D eigenvalue weighted by Gasteiger charge is 2.19. The third-order valence-electron chi connectivity index (χ3n) is 4.98. The number of fused-ring (bicyclic) bond motifs is 1. The lowest BCUT2D eigenvalue weighted by Crippen LogP contribution is -2.34. The maximum absolute atomic E-state index is 12.6. The van der Waals surface area contributed by atoms with Crippen molar-refractivity contribution in [2.75, 3.05) is 40.0 Å². The Balaban J connectivity index is 1.45. The average Bonchev–Trinajstić information content (AvgIpc) is 2.97. The first-order valence-corrected chi connectivity index (χ1v) is 12.1. The van der Waals surface area contributed by atoms with Crippen LogP contribution in [-0.4, -0.2) is 59.2 Å². The predicted octanol–water partition coefficient (Wildman–Crippen LogP) is 2.67. The monoisotopic (exact) mass is 462 g/mol. The number of hydrogen-bond donors (Lipinski definition) is 1. The minimum absolute atomic E-state index is 0.00210. The molecule has 8 nitrogen and oxygen atoms in total. The van der Waals surface area contributed by atoms with Crippen molar-refractivity contribution >= 4 is 15.9 Å². The molecule has 0 saturated heterocycles. The normalized spacial score (nSPS) is 13.3. The van der Waals surface area contributed by atoms with Crippen LogP contribution in [-0.2, 0) is 14.8 Å². The predicted molar refractivity (Wildman–Crippen MR) is 121 cm³/mol. The lowest BCUT2D eigenvalue weighted by molar-refractivity contribution is -0.130. The number of carbonyl (C=O) groups is 1. The molecule has 1 amide bonds. The Morgan fingerprint density at radius 1 is 1.06 bits per heavy atom. The smallest absolute Gasteiger partial charge is 0.240 e. The van der Waals surface area contributed by atoms with E-state index in [2.05, 4.69) is 10.8 Å². The summed E-state index contributed by atoms with van der Waals surface area (Å²) in [7, 11) is -2.10. The second-order valence-corrected chi connectivity index (χ2v) is 9.56. The van der Waals surface area contributed by atoms with Crippen molar-refractivity contribution in [3.8, 4) is 17.2 Å². The van der Waals surface area contributed by atoms with Crippen LogP contribution in [0.2, 0.25) is 0 Å². The van der Waals surface area contributed by atoms with E-state index in [0.717, 1.165) is 23.3 Å². The molecular formula is C23H30N2O6S. The summed E-state index contributed by atoms with van der Waals surface area (Å²) < 4.78 is 44.5. The molecule has 3 rings (SSSR count). The molecule has 0 radical (unpaired) electrons. The molecular weight excluding hydrogens is 432 g/mol. The molecule has 2 aromatic rings. The Morgan fingerprint density at radius 3 is 2.47 bits per heavy atom. The number of hydrogen-bond acceptors (Lipinski definition) is 6. The maximum Gasteiger partial charge on any atom is 0.240 e. The summed E-state index contributed by atoms with van der Waals surface area (Å²) in [6.45, 7) is 5.76. The molecule has 174 valence electrons. The van der Waals surface area contributed by atoms with E-state index in [1.807, 2.05) is 26.0 Å². The molecule has 0 aromatic heterocycles. The second-order valence-electron chi connectivity index (χ2n) is 7.79. The molecule has 1 heterocycles. The van der Waals surface area contributed by atoms with Crippen LogP contribution in [0.25, 0.3) is 0 Å². The van der Waals surface area contributed by atoms with Gasteiger partial charge in [0.25, 0.3) is 0 Å². The molecule has 1 N–H and O–H groups in total. The number of rotatable bonds is 9. The summed E-state index contributed by atoms with van der Waals surface area (Å²) in [5.41, 5.74) is 2.23. The van der Waals surface area contributed by atoms with Gasteiger partial charge in [0.1, 0.15) is 12.4 Å². The van der Waals surface area contributed by atoms with Crippen molar-refractivity contribution in [2.45, 2.75) is 31.6 Å². The van der Waals surface area contributed by atoms with Crippen molar-refractivity contribution in [3.63, 3.8) is 0 Å². The molecule has 2 aromatic carbocycles. The number of benzene rings is 2. The summed E-state index contributed by atoms with van der Waals surface area (Å²) >= 11 is 0. The Kier molecular flexibility index (Phi) is 7.98. The quantitative estimate of drug-likeness (QED) is 0.616. The standard InChI is InChI=1S/C23H30N2O6S/c1-17-13-18(2)15-19(14-17)29-12-9-25(3)23(26)7-8-24-32(27,28)20-5-6-21-22(16-20)31-11-4-10-30-21/h5-6,13-16,24H,4,7-12H2,1-3H3. The fourth-order valence-electron chi connectivity index (χ4n) is 3.32. The molecule has 0 saturated carbocycles. The molecule has 0 atom stereocenters. The van der Waals surface area contributed by atoms with Crippen LogP contribution in [0, 0.1) is 13.8 Å². The first-order chi connectivity index (χ1) is 15.2. The van der Waals surface area contributed by atoms with Crippen LogP contribution >= 0.6 is 0 Å². The third kappa shape index (κ3) is 6.61. The van der Waals surface area contributed by atoms with Crippen LogP contribution in [0.4, 0.5) is 0 Å². The van der Waals surface area contributed by atoms with Crippen molar-refractivity contribution in [3.05, 3.63) is 47.5 Å². The maximum atomic E-state index is 12.6. The number of sulfonamides is 1. The van der Waals surface area contributed by atoms with Gasteiger partial charge in [-0.15, -0.1) is 0 Å². The summed E-state index contributed by atoms with van der Waals surface area (Å²) in [5, 5.41) is 0. The minimum atomic E-state index is -3.77. The largest absolute Gasteiger partial charge is 0.492 e. The number of nitrogens with zero attached hydrogens (tertiary/aromatic N) is 1. The molecule has 0 aliphatic carbocycles. The topological polar surface area (TPSA) is 94.2 Å². The molecule has 0 spiro atoms. The highest BCUT2D eigenvalue weighted by molar-refractivity contribution is 7.89. The number of amides is 1. The first kappa shape index (κ1) is 23.9. The third-order valence-corrected chi connectivity index (χ3v) is 6.44. The fraction of sp³-hybridized carbons (Fsp3) is 0.435. The summed E-state index contributed by atoms with van der Waals surface area (Å²) in [6, 6.07) is 10.5. The van der Waals surface area contributed by atoms with Gasteiger partial charge in [-0.3, -0.25) is 4.79 Å². The van der Waals surface area contributed by atoms with Gasteiger partial charge in [0, 0.05) is 32.5 Å². The molecule has 0 unspecified atom stereocenters. The number of nitrogens with one attached hydrogen (secondary N) is 1. The zero-order chi connectivity index (χ0) is 23.1. The molecule has 9 heteroatoms. The van der Waals surface area contributed by atoms with E-state index in [1.54, 1.807) is 13.1 Å². The van der Waals surface area contributed by atoms with Gasteiger partial charge in [0.2, 0.25) is 15.9 Å². The Morgan fingerprint density at radius 2 is 1.75 bits per heavy atom. The average molecular weight is 463 g/mol. The van der Waals surface area contributed by atoms with Crippen molar-refractivity contribution in [1.29, 1.82) is 0 Å². The van der Waals surface area contributed by atoms with E-state index in [1.165, 1.54) is 17.0 Å². The van der Waals surface area contributed by atoms with Crippen LogP contribution in [0.5, 0.6) is 17.2 Å². The van der Waals surface area contributed by atoms with Crippen molar-refractivity contribution in [2.24, 2.45) is 0 Å². The first-order valence-electron chi connectivity index (χ1n) is 10.6. The Hall–Kier alpha value is -2.78. The zero-order valence-electron chi connectivity index (χ0n) is 18.7. The van der Waals surface area contributed by atoms with Gasteiger partial charge in [-0.1, -0.05) is 6.07 Å². The molecule has 0 bridgehead atoms. The Labute approximate surface area is 189 Å². The lowest BCUT2D eigenvalue weighted by Gasteiger charge is -2.18. The molecule has 32 heavy (non-hydrogen) atoms. The minimum Gasteiger partial charge on any atom is -0.492 e. The van der Waals surface area contributed by atoms with Gasteiger partial charge >= 0.3 is 0 Å². The van der Waals surface area contributed by atoms with Crippen LogP contribution in [0.3, 0.4) is 0 Å². The highest BCUT2D eigenvalue weighted by Crippen LogP contribution is 2.31. The van der Waals surface area contributed by atoms with Crippen molar-refractivity contribution in [1.82, 2.24) is 9.62 Å². The number of carbonyl (C=O) groups excluding carboxylic acids is 1. The second kappa shape index (κ2) is 10.7. The molecule has 1 aliphatic rings. The summed E-state index contributed by atoms with van der Waals surface area (Å²) in [5.74, 6) is 1.54. The lowest BCUT2D eigenvalue weighted by atomic mass is 10.1. The Bertz CT molecular complexity index is 1030. The van der Waals surface area contributed by atoms with E-state index >= 15 is 0 Å². The fourth-order valence-corrected chi connectivity index (χ4v) is 4.37. The SMILES string of the molecule is Cc1cc(C)cc(OCCN(C)C(=O)CCNS(=O)(=O)c2ccc3c(c2)OCCCO3)c1. The number of likely N-dealkylation sites (N-methyl/N-ethyl adjacent to an activating group) is 1. The van der Waals surface area contributed by atoms with Gasteiger partial charge in [-0.2, -0.15) is 0 Å². The molecule has 0 fully saturated rings. The van der Waals surface area contributed by atoms with Crippen LogP contribution in [0.1, 0.15) is 24.0 Å². The van der Waals surface area contributed by atoms with Crippen LogP contribution < -0.4 is 18.9 Å². The highest BCUT2D eigenvalue weighted by atomic mass is 32.2. The van der Waals surface area contributed by atoms with E-state index in [-0.39, 0.29) is 23.8 Å².